The van der Waals surface area contributed by atoms with Crippen molar-refractivity contribution >= 4 is 39.5 Å². The summed E-state index contributed by atoms with van der Waals surface area (Å²) < 4.78 is 68.4. The van der Waals surface area contributed by atoms with E-state index in [-0.39, 0.29) is 25.7 Å². The molecule has 0 spiro atoms. The Labute approximate surface area is 562 Å². The van der Waals surface area contributed by atoms with E-state index in [1.165, 1.54) is 186 Å². The Hall–Kier alpha value is -1.94. The van der Waals surface area contributed by atoms with E-state index < -0.39 is 97.5 Å². The van der Waals surface area contributed by atoms with Crippen molar-refractivity contribution in [3.8, 4) is 0 Å². The topological polar surface area (TPSA) is 237 Å². The van der Waals surface area contributed by atoms with Gasteiger partial charge < -0.3 is 33.8 Å². The fourth-order valence-electron chi connectivity index (χ4n) is 11.1. The molecule has 546 valence electrons. The van der Waals surface area contributed by atoms with E-state index in [0.29, 0.717) is 31.6 Å². The molecule has 0 radical (unpaired) electrons. The van der Waals surface area contributed by atoms with E-state index in [4.69, 9.17) is 37.0 Å². The number of ether oxygens (including phenoxy) is 4. The van der Waals surface area contributed by atoms with Gasteiger partial charge in [-0.2, -0.15) is 0 Å². The minimum atomic E-state index is -4.95. The van der Waals surface area contributed by atoms with Crippen molar-refractivity contribution in [3.63, 3.8) is 0 Å². The van der Waals surface area contributed by atoms with Gasteiger partial charge in [-0.1, -0.05) is 324 Å². The lowest BCUT2D eigenvalue weighted by atomic mass is 10.0. The maximum absolute atomic E-state index is 13.1. The molecule has 5 atom stereocenters. The molecule has 2 unspecified atom stereocenters. The second-order valence-electron chi connectivity index (χ2n) is 27.3. The minimum absolute atomic E-state index is 0.104. The zero-order valence-electron chi connectivity index (χ0n) is 59.9. The van der Waals surface area contributed by atoms with Crippen LogP contribution in [-0.4, -0.2) is 96.7 Å². The molecule has 0 heterocycles. The van der Waals surface area contributed by atoms with Crippen LogP contribution in [0.1, 0.15) is 375 Å². The number of phosphoric ester groups is 2. The van der Waals surface area contributed by atoms with Gasteiger partial charge in [-0.15, -0.1) is 0 Å². The quantitative estimate of drug-likeness (QED) is 0.0222. The van der Waals surface area contributed by atoms with Gasteiger partial charge in [0.1, 0.15) is 19.3 Å². The molecule has 3 N–H and O–H groups in total. The molecule has 19 heteroatoms. The summed E-state index contributed by atoms with van der Waals surface area (Å²) in [6.45, 7) is 9.48. The first-order chi connectivity index (χ1) is 44.4. The van der Waals surface area contributed by atoms with Crippen molar-refractivity contribution in [1.82, 2.24) is 0 Å². The third-order valence-electron chi connectivity index (χ3n) is 17.0. The molecule has 0 fully saturated rings. The number of hydrogen-bond donors (Lipinski definition) is 3. The summed E-state index contributed by atoms with van der Waals surface area (Å²) in [5, 5.41) is 10.6. The van der Waals surface area contributed by atoms with Crippen LogP contribution in [0.25, 0.3) is 0 Å². The van der Waals surface area contributed by atoms with Crippen LogP contribution in [0.2, 0.25) is 0 Å². The highest BCUT2D eigenvalue weighted by Crippen LogP contribution is 2.45. The number of aliphatic hydroxyl groups is 1. The molecule has 0 aliphatic carbocycles. The summed E-state index contributed by atoms with van der Waals surface area (Å²) in [7, 11) is -9.90. The zero-order chi connectivity index (χ0) is 67.9. The van der Waals surface area contributed by atoms with Gasteiger partial charge in [0, 0.05) is 25.7 Å². The highest BCUT2D eigenvalue weighted by atomic mass is 31.2. The van der Waals surface area contributed by atoms with Crippen LogP contribution in [0.3, 0.4) is 0 Å². The van der Waals surface area contributed by atoms with E-state index in [1.807, 2.05) is 0 Å². The van der Waals surface area contributed by atoms with Gasteiger partial charge in [0.15, 0.2) is 12.2 Å². The molecule has 0 aliphatic heterocycles. The summed E-state index contributed by atoms with van der Waals surface area (Å²) in [5.41, 5.74) is 0. The number of unbranched alkanes of at least 4 members (excludes halogenated alkanes) is 42. The average molecular weight is 1350 g/mol. The van der Waals surface area contributed by atoms with Gasteiger partial charge >= 0.3 is 39.5 Å². The first-order valence-electron chi connectivity index (χ1n) is 38.0. The molecule has 0 bridgehead atoms. The maximum Gasteiger partial charge on any atom is 0.472 e. The predicted octanol–water partition coefficient (Wildman–Crippen LogP) is 21.2. The second-order valence-corrected chi connectivity index (χ2v) is 30.2. The van der Waals surface area contributed by atoms with Crippen molar-refractivity contribution in [1.29, 1.82) is 0 Å². The molecule has 0 saturated carbocycles. The first-order valence-corrected chi connectivity index (χ1v) is 41.0. The van der Waals surface area contributed by atoms with Crippen molar-refractivity contribution in [2.24, 2.45) is 11.8 Å². The van der Waals surface area contributed by atoms with Crippen LogP contribution in [0.5, 0.6) is 0 Å². The van der Waals surface area contributed by atoms with Crippen molar-refractivity contribution in [2.45, 2.75) is 394 Å². The molecule has 92 heavy (non-hydrogen) atoms. The van der Waals surface area contributed by atoms with Gasteiger partial charge in [0.2, 0.25) is 0 Å². The van der Waals surface area contributed by atoms with Crippen molar-refractivity contribution in [3.05, 3.63) is 0 Å². The van der Waals surface area contributed by atoms with Crippen molar-refractivity contribution in [2.75, 3.05) is 39.6 Å². The minimum Gasteiger partial charge on any atom is -0.462 e. The molecule has 0 rings (SSSR count). The normalized spacial score (nSPS) is 14.1. The van der Waals surface area contributed by atoms with E-state index in [9.17, 15) is 43.2 Å². The van der Waals surface area contributed by atoms with Crippen LogP contribution >= 0.6 is 15.6 Å². The van der Waals surface area contributed by atoms with Crippen LogP contribution in [0.4, 0.5) is 0 Å². The van der Waals surface area contributed by atoms with Gasteiger partial charge in [-0.25, -0.2) is 9.13 Å². The molecular formula is C73H142O17P2. The molecule has 0 aromatic carbocycles. The number of phosphoric acid groups is 2. The van der Waals surface area contributed by atoms with E-state index >= 15 is 0 Å². The summed E-state index contributed by atoms with van der Waals surface area (Å²) in [5.74, 6) is -0.698. The Morgan fingerprint density at radius 1 is 0.293 bits per heavy atom. The Morgan fingerprint density at radius 2 is 0.500 bits per heavy atom. The number of esters is 4. The standard InChI is InChI=1S/C73H142O17P2/c1-7-9-11-13-15-17-19-21-23-24-25-27-29-31-38-45-51-57-72(77)89-68(61-83-70(75)55-49-43-37-30-28-26-22-20-18-16-14-12-10-8-2)63-87-91(79,80)85-59-67(74)60-86-92(81,82)88-64-69(62-84-71(76)56-50-44-40-34-36-42-48-54-66(5)6)90-73(78)58-52-46-39-33-32-35-41-47-53-65(3)4/h65-69,74H,7-64H2,1-6H3,(H,79,80)(H,81,82)/t67-,68-,69-/m1/s1. The largest absolute Gasteiger partial charge is 0.472 e. The third kappa shape index (κ3) is 66.7. The Balaban J connectivity index is 5.24. The number of carbonyl (C=O) groups excluding carboxylic acids is 4. The Kier molecular flexibility index (Phi) is 63.7. The van der Waals surface area contributed by atoms with Gasteiger partial charge in [0.05, 0.1) is 26.4 Å². The summed E-state index contributed by atoms with van der Waals surface area (Å²) in [6, 6.07) is 0. The monoisotopic (exact) mass is 1350 g/mol. The molecule has 0 aromatic rings. The van der Waals surface area contributed by atoms with E-state index in [2.05, 4.69) is 41.5 Å². The zero-order valence-corrected chi connectivity index (χ0v) is 61.6. The molecule has 17 nitrogen and oxygen atoms in total. The van der Waals surface area contributed by atoms with E-state index in [0.717, 1.165) is 102 Å². The van der Waals surface area contributed by atoms with Crippen LogP contribution in [0.15, 0.2) is 0 Å². The van der Waals surface area contributed by atoms with E-state index in [1.54, 1.807) is 0 Å². The summed E-state index contributed by atoms with van der Waals surface area (Å²) in [6.07, 6.45) is 51.4. The SMILES string of the molecule is CCCCCCCCCCCCCCCCCCCC(=O)O[C@H](COC(=O)CCCCCCCCCCCCCCCC)COP(=O)(O)OC[C@@H](O)COP(=O)(O)OC[C@@H](COC(=O)CCCCCCCCCC(C)C)OC(=O)CCCCCCCCCCC(C)C. The van der Waals surface area contributed by atoms with Crippen LogP contribution < -0.4 is 0 Å². The highest BCUT2D eigenvalue weighted by Gasteiger charge is 2.30. The average Bonchev–Trinajstić information content (AvgIpc) is 1.41. The predicted molar refractivity (Wildman–Crippen MR) is 372 cm³/mol. The molecule has 0 amide bonds. The van der Waals surface area contributed by atoms with Gasteiger partial charge in [0.25, 0.3) is 0 Å². The summed E-state index contributed by atoms with van der Waals surface area (Å²) >= 11 is 0. The molecule has 0 saturated heterocycles. The fraction of sp³-hybridized carbons (Fsp3) is 0.945. The number of hydrogen-bond acceptors (Lipinski definition) is 15. The number of aliphatic hydroxyl groups excluding tert-OH is 1. The van der Waals surface area contributed by atoms with Gasteiger partial charge in [-0.3, -0.25) is 37.3 Å². The lowest BCUT2D eigenvalue weighted by Crippen LogP contribution is -2.30. The van der Waals surface area contributed by atoms with Crippen LogP contribution in [-0.2, 0) is 65.4 Å². The molecule has 0 aliphatic rings. The number of carbonyl (C=O) groups is 4. The maximum atomic E-state index is 13.1. The van der Waals surface area contributed by atoms with Gasteiger partial charge in [-0.05, 0) is 37.5 Å². The second kappa shape index (κ2) is 65.0. The molecular weight excluding hydrogens is 1210 g/mol. The first kappa shape index (κ1) is 90.1. The summed E-state index contributed by atoms with van der Waals surface area (Å²) in [4.78, 5) is 72.6. The van der Waals surface area contributed by atoms with Crippen molar-refractivity contribution < 1.29 is 80.2 Å². The third-order valence-corrected chi connectivity index (χ3v) is 18.9. The van der Waals surface area contributed by atoms with Crippen LogP contribution in [0, 0.1) is 11.8 Å². The lowest BCUT2D eigenvalue weighted by Gasteiger charge is -2.21. The smallest absolute Gasteiger partial charge is 0.462 e. The number of rotatable bonds is 72. The Bertz CT molecular complexity index is 1790. The highest BCUT2D eigenvalue weighted by molar-refractivity contribution is 7.47. The Morgan fingerprint density at radius 3 is 0.739 bits per heavy atom. The lowest BCUT2D eigenvalue weighted by molar-refractivity contribution is -0.161. The molecule has 0 aromatic heterocycles. The fourth-order valence-corrected chi connectivity index (χ4v) is 12.7.